The smallest absolute Gasteiger partial charge is 0.124 e. The van der Waals surface area contributed by atoms with E-state index in [4.69, 9.17) is 9.84 Å². The summed E-state index contributed by atoms with van der Waals surface area (Å²) in [6, 6.07) is 4.71. The van der Waals surface area contributed by atoms with E-state index < -0.39 is 0 Å². The average molecular weight is 261 g/mol. The molecule has 3 nitrogen and oxygen atoms in total. The highest BCUT2D eigenvalue weighted by atomic mass is 16.5. The molecule has 1 aliphatic rings. The predicted octanol–water partition coefficient (Wildman–Crippen LogP) is 2.34. The van der Waals surface area contributed by atoms with E-state index in [-0.39, 0.29) is 6.61 Å². The first-order valence-electron chi connectivity index (χ1n) is 6.80. The van der Waals surface area contributed by atoms with Crippen molar-refractivity contribution in [1.29, 1.82) is 0 Å². The fourth-order valence-corrected chi connectivity index (χ4v) is 2.77. The monoisotopic (exact) mass is 261 g/mol. The molecule has 0 saturated carbocycles. The number of aliphatic hydroxyl groups excluding tert-OH is 1. The van der Waals surface area contributed by atoms with E-state index in [0.717, 1.165) is 18.7 Å². The van der Waals surface area contributed by atoms with Crippen LogP contribution in [0.3, 0.4) is 0 Å². The van der Waals surface area contributed by atoms with Crippen molar-refractivity contribution in [2.45, 2.75) is 32.9 Å². The molecule has 0 bridgehead atoms. The van der Waals surface area contributed by atoms with E-state index in [0.29, 0.717) is 12.0 Å². The van der Waals surface area contributed by atoms with Crippen LogP contribution in [0.1, 0.15) is 23.1 Å². The van der Waals surface area contributed by atoms with Gasteiger partial charge in [-0.3, -0.25) is 0 Å². The van der Waals surface area contributed by atoms with Gasteiger partial charge in [-0.15, -0.1) is 0 Å². The average Bonchev–Trinajstić information content (AvgIpc) is 2.84. The van der Waals surface area contributed by atoms with E-state index in [1.54, 1.807) is 7.11 Å². The summed E-state index contributed by atoms with van der Waals surface area (Å²) in [6.07, 6.45) is 5.25. The topological polar surface area (TPSA) is 41.5 Å². The Morgan fingerprint density at radius 3 is 2.47 bits per heavy atom. The molecule has 0 aliphatic heterocycles. The molecule has 1 aromatic carbocycles. The Labute approximate surface area is 115 Å². The lowest BCUT2D eigenvalue weighted by Crippen LogP contribution is -2.26. The maximum atomic E-state index is 9.11. The van der Waals surface area contributed by atoms with Gasteiger partial charge in [0.15, 0.2) is 0 Å². The van der Waals surface area contributed by atoms with Crippen molar-refractivity contribution in [3.05, 3.63) is 41.0 Å². The first-order valence-corrected chi connectivity index (χ1v) is 6.80. The van der Waals surface area contributed by atoms with Gasteiger partial charge in [0.25, 0.3) is 0 Å². The van der Waals surface area contributed by atoms with Crippen LogP contribution in [-0.2, 0) is 6.54 Å². The van der Waals surface area contributed by atoms with Gasteiger partial charge >= 0.3 is 0 Å². The zero-order chi connectivity index (χ0) is 13.8. The van der Waals surface area contributed by atoms with E-state index in [9.17, 15) is 0 Å². The number of methoxy groups -OCH3 is 1. The molecule has 1 aromatic rings. The predicted molar refractivity (Wildman–Crippen MR) is 77.4 cm³/mol. The highest BCUT2D eigenvalue weighted by Crippen LogP contribution is 2.24. The Hall–Kier alpha value is -1.32. The lowest BCUT2D eigenvalue weighted by Gasteiger charge is -2.15. The molecule has 104 valence electrons. The van der Waals surface area contributed by atoms with Crippen molar-refractivity contribution in [1.82, 2.24) is 5.32 Å². The third kappa shape index (κ3) is 3.37. The van der Waals surface area contributed by atoms with Crippen LogP contribution >= 0.6 is 0 Å². The SMILES string of the molecule is COc1c(C)cc(CN[C@@H]2C=C[C@H](CO)C2)cc1C. The summed E-state index contributed by atoms with van der Waals surface area (Å²) in [7, 11) is 1.71. The summed E-state index contributed by atoms with van der Waals surface area (Å²) in [6.45, 7) is 5.24. The highest BCUT2D eigenvalue weighted by molar-refractivity contribution is 5.43. The zero-order valence-corrected chi connectivity index (χ0v) is 11.9. The molecular weight excluding hydrogens is 238 g/mol. The van der Waals surface area contributed by atoms with Gasteiger partial charge in [-0.2, -0.15) is 0 Å². The Balaban J connectivity index is 1.95. The molecule has 0 radical (unpaired) electrons. The molecule has 0 fully saturated rings. The first-order chi connectivity index (χ1) is 9.13. The van der Waals surface area contributed by atoms with Crippen LogP contribution in [0.25, 0.3) is 0 Å². The number of aliphatic hydroxyl groups is 1. The number of hydrogen-bond acceptors (Lipinski definition) is 3. The van der Waals surface area contributed by atoms with Crippen LogP contribution in [0.2, 0.25) is 0 Å². The van der Waals surface area contributed by atoms with Crippen molar-refractivity contribution in [2.24, 2.45) is 5.92 Å². The van der Waals surface area contributed by atoms with Gasteiger partial charge in [-0.1, -0.05) is 24.3 Å². The summed E-state index contributed by atoms with van der Waals surface area (Å²) in [4.78, 5) is 0. The molecule has 1 aliphatic carbocycles. The summed E-state index contributed by atoms with van der Waals surface area (Å²) in [5, 5.41) is 12.6. The van der Waals surface area contributed by atoms with E-state index >= 15 is 0 Å². The van der Waals surface area contributed by atoms with Crippen LogP contribution in [-0.4, -0.2) is 24.9 Å². The van der Waals surface area contributed by atoms with Gasteiger partial charge in [0.2, 0.25) is 0 Å². The number of ether oxygens (including phenoxy) is 1. The molecule has 0 saturated heterocycles. The second-order valence-corrected chi connectivity index (χ2v) is 5.31. The third-order valence-electron chi connectivity index (χ3n) is 3.70. The minimum Gasteiger partial charge on any atom is -0.496 e. The largest absolute Gasteiger partial charge is 0.496 e. The molecule has 0 spiro atoms. The molecule has 2 N–H and O–H groups in total. The summed E-state index contributed by atoms with van der Waals surface area (Å²) in [5.74, 6) is 1.29. The van der Waals surface area contributed by atoms with Crippen molar-refractivity contribution < 1.29 is 9.84 Å². The van der Waals surface area contributed by atoms with Crippen LogP contribution in [0, 0.1) is 19.8 Å². The standard InChI is InChI=1S/C16H23NO2/c1-11-6-14(7-12(2)16(11)19-3)9-17-15-5-4-13(8-15)10-18/h4-7,13,15,17-18H,8-10H2,1-3H3/t13-,15+/m0/s1. The van der Waals surface area contributed by atoms with Crippen LogP contribution in [0.4, 0.5) is 0 Å². The Morgan fingerprint density at radius 2 is 1.95 bits per heavy atom. The summed E-state index contributed by atoms with van der Waals surface area (Å²) < 4.78 is 5.38. The number of rotatable bonds is 5. The quantitative estimate of drug-likeness (QED) is 0.799. The van der Waals surface area contributed by atoms with Crippen molar-refractivity contribution >= 4 is 0 Å². The lowest BCUT2D eigenvalue weighted by molar-refractivity contribution is 0.246. The number of benzene rings is 1. The number of nitrogens with one attached hydrogen (secondary N) is 1. The van der Waals surface area contributed by atoms with Gasteiger partial charge in [-0.25, -0.2) is 0 Å². The molecule has 0 unspecified atom stereocenters. The Morgan fingerprint density at radius 1 is 1.26 bits per heavy atom. The minimum absolute atomic E-state index is 0.245. The Bertz CT molecular complexity index is 445. The van der Waals surface area contributed by atoms with Crippen LogP contribution < -0.4 is 10.1 Å². The van der Waals surface area contributed by atoms with Gasteiger partial charge in [-0.05, 0) is 37.0 Å². The summed E-state index contributed by atoms with van der Waals surface area (Å²) in [5.41, 5.74) is 3.63. The fourth-order valence-electron chi connectivity index (χ4n) is 2.77. The molecule has 3 heteroatoms. The first kappa shape index (κ1) is 14.1. The fraction of sp³-hybridized carbons (Fsp3) is 0.500. The third-order valence-corrected chi connectivity index (χ3v) is 3.70. The number of hydrogen-bond donors (Lipinski definition) is 2. The molecule has 0 aromatic heterocycles. The second kappa shape index (κ2) is 6.22. The Kier molecular flexibility index (Phi) is 4.61. The minimum atomic E-state index is 0.245. The van der Waals surface area contributed by atoms with Crippen LogP contribution in [0.5, 0.6) is 5.75 Å². The van der Waals surface area contributed by atoms with E-state index in [1.807, 2.05) is 0 Å². The molecule has 2 rings (SSSR count). The molecule has 0 amide bonds. The second-order valence-electron chi connectivity index (χ2n) is 5.31. The zero-order valence-electron chi connectivity index (χ0n) is 11.9. The number of aryl methyl sites for hydroxylation is 2. The van der Waals surface area contributed by atoms with Gasteiger partial charge in [0.05, 0.1) is 7.11 Å². The molecule has 0 heterocycles. The highest BCUT2D eigenvalue weighted by Gasteiger charge is 2.17. The molecule has 19 heavy (non-hydrogen) atoms. The maximum Gasteiger partial charge on any atom is 0.124 e. The van der Waals surface area contributed by atoms with E-state index in [1.165, 1.54) is 16.7 Å². The normalized spacial score (nSPS) is 21.9. The molecular formula is C16H23NO2. The van der Waals surface area contributed by atoms with Crippen LogP contribution in [0.15, 0.2) is 24.3 Å². The van der Waals surface area contributed by atoms with Gasteiger partial charge in [0, 0.05) is 25.1 Å². The maximum absolute atomic E-state index is 9.11. The summed E-state index contributed by atoms with van der Waals surface area (Å²) >= 11 is 0. The van der Waals surface area contributed by atoms with Crippen molar-refractivity contribution in [2.75, 3.05) is 13.7 Å². The lowest BCUT2D eigenvalue weighted by atomic mass is 10.0. The van der Waals surface area contributed by atoms with Crippen molar-refractivity contribution in [3.63, 3.8) is 0 Å². The van der Waals surface area contributed by atoms with Gasteiger partial charge < -0.3 is 15.2 Å². The molecule has 2 atom stereocenters. The van der Waals surface area contributed by atoms with E-state index in [2.05, 4.69) is 43.4 Å². The van der Waals surface area contributed by atoms with Gasteiger partial charge in [0.1, 0.15) is 5.75 Å². The van der Waals surface area contributed by atoms with Crippen molar-refractivity contribution in [3.8, 4) is 5.75 Å².